The Balaban J connectivity index is 1.49. The molecule has 2 heterocycles. The molecular formula is C21H20N4O2. The SMILES string of the molecule is COc1ccc(NC(=O)c2cc(N3CCc4ccccc4C3)ncn2)cc1. The summed E-state index contributed by atoms with van der Waals surface area (Å²) >= 11 is 0. The molecule has 1 aromatic heterocycles. The van der Waals surface area contributed by atoms with Crippen molar-refractivity contribution in [1.82, 2.24) is 9.97 Å². The van der Waals surface area contributed by atoms with Crippen molar-refractivity contribution in [3.63, 3.8) is 0 Å². The number of benzene rings is 2. The zero-order valence-corrected chi connectivity index (χ0v) is 15.1. The van der Waals surface area contributed by atoms with Gasteiger partial charge in [0.1, 0.15) is 23.6 Å². The van der Waals surface area contributed by atoms with E-state index < -0.39 is 0 Å². The highest BCUT2D eigenvalue weighted by molar-refractivity contribution is 6.03. The van der Waals surface area contributed by atoms with Gasteiger partial charge < -0.3 is 15.0 Å². The van der Waals surface area contributed by atoms with Crippen LogP contribution < -0.4 is 15.0 Å². The van der Waals surface area contributed by atoms with Crippen molar-refractivity contribution in [2.75, 3.05) is 23.9 Å². The molecule has 0 saturated heterocycles. The number of aromatic nitrogens is 2. The van der Waals surface area contributed by atoms with Crippen LogP contribution in [0.25, 0.3) is 0 Å². The Kier molecular flexibility index (Phi) is 4.70. The Morgan fingerprint density at radius 2 is 1.85 bits per heavy atom. The van der Waals surface area contributed by atoms with Crippen LogP contribution in [-0.4, -0.2) is 29.5 Å². The molecule has 136 valence electrons. The van der Waals surface area contributed by atoms with Crippen LogP contribution in [0.5, 0.6) is 5.75 Å². The predicted octanol–water partition coefficient (Wildman–Crippen LogP) is 3.30. The van der Waals surface area contributed by atoms with Crippen LogP contribution in [0.1, 0.15) is 21.6 Å². The Bertz CT molecular complexity index is 956. The summed E-state index contributed by atoms with van der Waals surface area (Å²) in [5.74, 6) is 1.24. The normalized spacial score (nSPS) is 13.0. The summed E-state index contributed by atoms with van der Waals surface area (Å²) < 4.78 is 5.13. The molecule has 1 aliphatic rings. The molecule has 27 heavy (non-hydrogen) atoms. The number of fused-ring (bicyclic) bond motifs is 1. The third-order valence-electron chi connectivity index (χ3n) is 4.69. The molecule has 1 amide bonds. The fourth-order valence-corrected chi connectivity index (χ4v) is 3.20. The van der Waals surface area contributed by atoms with Gasteiger partial charge in [-0.2, -0.15) is 0 Å². The van der Waals surface area contributed by atoms with E-state index in [1.807, 2.05) is 0 Å². The van der Waals surface area contributed by atoms with Gasteiger partial charge in [0.15, 0.2) is 0 Å². The number of nitrogens with one attached hydrogen (secondary N) is 1. The minimum Gasteiger partial charge on any atom is -0.497 e. The Labute approximate surface area is 157 Å². The van der Waals surface area contributed by atoms with Crippen molar-refractivity contribution in [2.24, 2.45) is 0 Å². The van der Waals surface area contributed by atoms with Crippen molar-refractivity contribution in [2.45, 2.75) is 13.0 Å². The van der Waals surface area contributed by atoms with Crippen LogP contribution in [0.15, 0.2) is 60.9 Å². The number of ether oxygens (including phenoxy) is 1. The summed E-state index contributed by atoms with van der Waals surface area (Å²) in [6.45, 7) is 1.65. The monoisotopic (exact) mass is 360 g/mol. The molecule has 2 aromatic carbocycles. The largest absolute Gasteiger partial charge is 0.497 e. The van der Waals surface area contributed by atoms with E-state index in [1.54, 1.807) is 37.4 Å². The summed E-state index contributed by atoms with van der Waals surface area (Å²) in [7, 11) is 1.61. The highest BCUT2D eigenvalue weighted by atomic mass is 16.5. The molecule has 3 aromatic rings. The summed E-state index contributed by atoms with van der Waals surface area (Å²) in [6.07, 6.45) is 2.41. The van der Waals surface area contributed by atoms with Crippen LogP contribution in [0.2, 0.25) is 0 Å². The summed E-state index contributed by atoms with van der Waals surface area (Å²) in [4.78, 5) is 23.2. The molecule has 0 bridgehead atoms. The fraction of sp³-hybridized carbons (Fsp3) is 0.190. The molecular weight excluding hydrogens is 340 g/mol. The maximum atomic E-state index is 12.6. The first-order chi connectivity index (χ1) is 13.2. The lowest BCUT2D eigenvalue weighted by Gasteiger charge is -2.29. The van der Waals surface area contributed by atoms with Crippen LogP contribution in [-0.2, 0) is 13.0 Å². The molecule has 4 rings (SSSR count). The molecule has 0 unspecified atom stereocenters. The number of carbonyl (C=O) groups excluding carboxylic acids is 1. The standard InChI is InChI=1S/C21H20N4O2/c1-27-18-8-6-17(7-9-18)24-21(26)19-12-20(23-14-22-19)25-11-10-15-4-2-3-5-16(15)13-25/h2-9,12,14H,10-11,13H2,1H3,(H,24,26). The first kappa shape index (κ1) is 17.0. The number of methoxy groups -OCH3 is 1. The smallest absolute Gasteiger partial charge is 0.274 e. The van der Waals surface area contributed by atoms with E-state index in [0.29, 0.717) is 11.4 Å². The Morgan fingerprint density at radius 1 is 1.07 bits per heavy atom. The fourth-order valence-electron chi connectivity index (χ4n) is 3.20. The molecule has 0 saturated carbocycles. The molecule has 0 spiro atoms. The van der Waals surface area contributed by atoms with E-state index in [9.17, 15) is 4.79 Å². The lowest BCUT2D eigenvalue weighted by Crippen LogP contribution is -2.31. The third-order valence-corrected chi connectivity index (χ3v) is 4.69. The second-order valence-corrected chi connectivity index (χ2v) is 6.38. The highest BCUT2D eigenvalue weighted by Gasteiger charge is 2.18. The number of amides is 1. The Hall–Kier alpha value is -3.41. The van der Waals surface area contributed by atoms with E-state index >= 15 is 0 Å². The van der Waals surface area contributed by atoms with E-state index in [-0.39, 0.29) is 5.91 Å². The number of carbonyl (C=O) groups is 1. The molecule has 0 atom stereocenters. The maximum absolute atomic E-state index is 12.6. The molecule has 0 radical (unpaired) electrons. The second kappa shape index (κ2) is 7.45. The lowest BCUT2D eigenvalue weighted by molar-refractivity contribution is 0.102. The van der Waals surface area contributed by atoms with Gasteiger partial charge in [-0.1, -0.05) is 24.3 Å². The first-order valence-corrected chi connectivity index (χ1v) is 8.82. The van der Waals surface area contributed by atoms with Gasteiger partial charge in [-0.05, 0) is 41.8 Å². The average Bonchev–Trinajstić information content (AvgIpc) is 2.74. The topological polar surface area (TPSA) is 67.3 Å². The third kappa shape index (κ3) is 3.74. The van der Waals surface area contributed by atoms with Gasteiger partial charge in [0.05, 0.1) is 7.11 Å². The van der Waals surface area contributed by atoms with Gasteiger partial charge in [-0.15, -0.1) is 0 Å². The van der Waals surface area contributed by atoms with Crippen LogP contribution in [0.3, 0.4) is 0 Å². The van der Waals surface area contributed by atoms with E-state index in [1.165, 1.54) is 17.5 Å². The van der Waals surface area contributed by atoms with E-state index in [0.717, 1.165) is 31.1 Å². The minimum atomic E-state index is -0.263. The zero-order chi connectivity index (χ0) is 18.6. The van der Waals surface area contributed by atoms with Crippen LogP contribution in [0.4, 0.5) is 11.5 Å². The minimum absolute atomic E-state index is 0.263. The summed E-state index contributed by atoms with van der Waals surface area (Å²) in [6, 6.07) is 17.4. The second-order valence-electron chi connectivity index (χ2n) is 6.38. The summed E-state index contributed by atoms with van der Waals surface area (Å²) in [5.41, 5.74) is 3.70. The molecule has 1 N–H and O–H groups in total. The van der Waals surface area contributed by atoms with Gasteiger partial charge in [0.25, 0.3) is 5.91 Å². The molecule has 1 aliphatic heterocycles. The van der Waals surface area contributed by atoms with Crippen LogP contribution in [0, 0.1) is 0 Å². The van der Waals surface area contributed by atoms with Gasteiger partial charge in [-0.25, -0.2) is 9.97 Å². The lowest BCUT2D eigenvalue weighted by atomic mass is 10.00. The van der Waals surface area contributed by atoms with Gasteiger partial charge >= 0.3 is 0 Å². The number of hydrogen-bond acceptors (Lipinski definition) is 5. The van der Waals surface area contributed by atoms with Crippen LogP contribution >= 0.6 is 0 Å². The van der Waals surface area contributed by atoms with Crippen molar-refractivity contribution in [3.05, 3.63) is 77.7 Å². The molecule has 6 nitrogen and oxygen atoms in total. The predicted molar refractivity (Wildman–Crippen MR) is 104 cm³/mol. The van der Waals surface area contributed by atoms with E-state index in [4.69, 9.17) is 4.74 Å². The van der Waals surface area contributed by atoms with Crippen molar-refractivity contribution >= 4 is 17.4 Å². The number of hydrogen-bond donors (Lipinski definition) is 1. The van der Waals surface area contributed by atoms with Gasteiger partial charge in [-0.3, -0.25) is 4.79 Å². The van der Waals surface area contributed by atoms with Gasteiger partial charge in [0, 0.05) is 24.8 Å². The quantitative estimate of drug-likeness (QED) is 0.773. The van der Waals surface area contributed by atoms with Crippen molar-refractivity contribution in [3.8, 4) is 5.75 Å². The number of rotatable bonds is 4. The summed E-state index contributed by atoms with van der Waals surface area (Å²) in [5, 5.41) is 2.85. The zero-order valence-electron chi connectivity index (χ0n) is 15.1. The maximum Gasteiger partial charge on any atom is 0.274 e. The number of anilines is 2. The first-order valence-electron chi connectivity index (χ1n) is 8.82. The van der Waals surface area contributed by atoms with E-state index in [2.05, 4.69) is 44.5 Å². The Morgan fingerprint density at radius 3 is 2.63 bits per heavy atom. The molecule has 6 heteroatoms. The van der Waals surface area contributed by atoms with Gasteiger partial charge in [0.2, 0.25) is 0 Å². The van der Waals surface area contributed by atoms with Crippen molar-refractivity contribution in [1.29, 1.82) is 0 Å². The molecule has 0 aliphatic carbocycles. The van der Waals surface area contributed by atoms with Crippen molar-refractivity contribution < 1.29 is 9.53 Å². The highest BCUT2D eigenvalue weighted by Crippen LogP contribution is 2.23. The average molecular weight is 360 g/mol. The molecule has 0 fully saturated rings. The number of nitrogens with zero attached hydrogens (tertiary/aromatic N) is 3.